The summed E-state index contributed by atoms with van der Waals surface area (Å²) >= 11 is 0. The number of rotatable bonds is 4. The number of ether oxygens (including phenoxy) is 6. The summed E-state index contributed by atoms with van der Waals surface area (Å²) in [7, 11) is 0. The van der Waals surface area contributed by atoms with Crippen molar-refractivity contribution in [2.75, 3.05) is 13.2 Å². The first-order valence-electron chi connectivity index (χ1n) is 8.65. The molecule has 3 rings (SSSR count). The molecule has 138 valence electrons. The van der Waals surface area contributed by atoms with Crippen LogP contribution in [-0.4, -0.2) is 55.5 Å². The molecule has 0 spiro atoms. The number of allylic oxidation sites excluding steroid dienone is 1. The van der Waals surface area contributed by atoms with E-state index in [-0.39, 0.29) is 24.4 Å². The van der Waals surface area contributed by atoms with E-state index in [9.17, 15) is 0 Å². The third-order valence-corrected chi connectivity index (χ3v) is 4.77. The van der Waals surface area contributed by atoms with Gasteiger partial charge in [-0.1, -0.05) is 5.57 Å². The van der Waals surface area contributed by atoms with Crippen LogP contribution >= 0.6 is 0 Å². The Morgan fingerprint density at radius 1 is 0.958 bits per heavy atom. The summed E-state index contributed by atoms with van der Waals surface area (Å²) in [6, 6.07) is 0. The molecular weight excluding hydrogens is 312 g/mol. The molecule has 0 radical (unpaired) electrons. The number of hydrogen-bond acceptors (Lipinski definition) is 6. The predicted octanol–water partition coefficient (Wildman–Crippen LogP) is 2.76. The summed E-state index contributed by atoms with van der Waals surface area (Å²) in [4.78, 5) is 0. The second-order valence-corrected chi connectivity index (χ2v) is 7.99. The quantitative estimate of drug-likeness (QED) is 0.732. The van der Waals surface area contributed by atoms with E-state index in [0.717, 1.165) is 0 Å². The summed E-state index contributed by atoms with van der Waals surface area (Å²) in [6.45, 7) is 14.8. The van der Waals surface area contributed by atoms with E-state index in [1.165, 1.54) is 11.1 Å². The van der Waals surface area contributed by atoms with Crippen molar-refractivity contribution in [3.8, 4) is 0 Å². The van der Waals surface area contributed by atoms with E-state index in [1.54, 1.807) is 0 Å². The Bertz CT molecular complexity index is 508. The van der Waals surface area contributed by atoms with Gasteiger partial charge in [-0.2, -0.15) is 0 Å². The highest BCUT2D eigenvalue weighted by Crippen LogP contribution is 2.42. The average molecular weight is 342 g/mol. The molecule has 3 fully saturated rings. The van der Waals surface area contributed by atoms with Gasteiger partial charge >= 0.3 is 0 Å². The van der Waals surface area contributed by atoms with Gasteiger partial charge in [0, 0.05) is 0 Å². The van der Waals surface area contributed by atoms with E-state index < -0.39 is 17.9 Å². The van der Waals surface area contributed by atoms with Crippen molar-refractivity contribution in [3.63, 3.8) is 0 Å². The third kappa shape index (κ3) is 3.69. The van der Waals surface area contributed by atoms with Crippen molar-refractivity contribution in [2.24, 2.45) is 0 Å². The van der Waals surface area contributed by atoms with Crippen LogP contribution < -0.4 is 0 Å². The smallest absolute Gasteiger partial charge is 0.190 e. The first-order valence-corrected chi connectivity index (χ1v) is 8.65. The maximum atomic E-state index is 6.20. The van der Waals surface area contributed by atoms with Gasteiger partial charge < -0.3 is 28.4 Å². The predicted molar refractivity (Wildman–Crippen MR) is 87.4 cm³/mol. The van der Waals surface area contributed by atoms with Crippen molar-refractivity contribution in [2.45, 2.75) is 90.7 Å². The summed E-state index contributed by atoms with van der Waals surface area (Å²) in [5, 5.41) is 0. The lowest BCUT2D eigenvalue weighted by Crippen LogP contribution is -2.44. The van der Waals surface area contributed by atoms with Crippen LogP contribution in [0.1, 0.15) is 48.5 Å². The Balaban J connectivity index is 1.74. The lowest BCUT2D eigenvalue weighted by Gasteiger charge is -2.29. The minimum Gasteiger partial charge on any atom is -0.368 e. The largest absolute Gasteiger partial charge is 0.368 e. The van der Waals surface area contributed by atoms with Crippen LogP contribution in [-0.2, 0) is 28.4 Å². The Hall–Kier alpha value is -0.500. The molecule has 6 heteroatoms. The van der Waals surface area contributed by atoms with Crippen LogP contribution in [0, 0.1) is 0 Å². The summed E-state index contributed by atoms with van der Waals surface area (Å²) in [5.41, 5.74) is 2.46. The Kier molecular flexibility index (Phi) is 4.83. The molecule has 3 aliphatic heterocycles. The minimum absolute atomic E-state index is 0.196. The number of fused-ring (bicyclic) bond motifs is 1. The van der Waals surface area contributed by atoms with Gasteiger partial charge in [-0.15, -0.1) is 0 Å². The highest BCUT2D eigenvalue weighted by molar-refractivity contribution is 5.08. The van der Waals surface area contributed by atoms with Gasteiger partial charge in [0.1, 0.15) is 24.4 Å². The molecular formula is C18H30O6. The zero-order valence-electron chi connectivity index (χ0n) is 15.8. The summed E-state index contributed by atoms with van der Waals surface area (Å²) in [5.74, 6) is -1.27. The Morgan fingerprint density at radius 2 is 1.67 bits per heavy atom. The van der Waals surface area contributed by atoms with E-state index in [1.807, 2.05) is 27.7 Å². The zero-order chi connectivity index (χ0) is 17.7. The van der Waals surface area contributed by atoms with Gasteiger partial charge in [-0.05, 0) is 54.0 Å². The molecule has 0 saturated carbocycles. The Labute approximate surface area is 144 Å². The fraction of sp³-hybridized carbons (Fsp3) is 0.889. The van der Waals surface area contributed by atoms with Gasteiger partial charge in [-0.3, -0.25) is 0 Å². The SMILES string of the molecule is CC(C)=C(C)CO[C@@H]1[C@H]2OC(C)(C)O[C@H]2O[C@@H]1[C@H]1COC(C)(C)O1. The van der Waals surface area contributed by atoms with Gasteiger partial charge in [0.2, 0.25) is 0 Å². The molecule has 24 heavy (non-hydrogen) atoms. The molecule has 3 aliphatic rings. The first kappa shape index (κ1) is 18.3. The standard InChI is InChI=1S/C18H30O6/c1-10(2)11(3)8-19-14-13(12-9-20-17(4,5)22-12)21-16-15(14)23-18(6,7)24-16/h12-16H,8-9H2,1-7H3/t12-,13-,14+,15-,16-/m1/s1. The van der Waals surface area contributed by atoms with Crippen LogP contribution in [0.4, 0.5) is 0 Å². The molecule has 3 heterocycles. The van der Waals surface area contributed by atoms with E-state index in [0.29, 0.717) is 13.2 Å². The summed E-state index contributed by atoms with van der Waals surface area (Å²) in [6.07, 6.45) is -1.43. The topological polar surface area (TPSA) is 55.4 Å². The third-order valence-electron chi connectivity index (χ3n) is 4.77. The van der Waals surface area contributed by atoms with Gasteiger partial charge in [0.05, 0.1) is 13.2 Å². The molecule has 0 N–H and O–H groups in total. The van der Waals surface area contributed by atoms with Crippen LogP contribution in [0.15, 0.2) is 11.1 Å². The molecule has 0 aliphatic carbocycles. The van der Waals surface area contributed by atoms with Crippen LogP contribution in [0.2, 0.25) is 0 Å². The van der Waals surface area contributed by atoms with Crippen LogP contribution in [0.25, 0.3) is 0 Å². The lowest BCUT2D eigenvalue weighted by atomic mass is 10.1. The fourth-order valence-electron chi connectivity index (χ4n) is 3.24. The van der Waals surface area contributed by atoms with Crippen molar-refractivity contribution < 1.29 is 28.4 Å². The monoisotopic (exact) mass is 342 g/mol. The lowest BCUT2D eigenvalue weighted by molar-refractivity contribution is -0.235. The van der Waals surface area contributed by atoms with Crippen molar-refractivity contribution in [1.29, 1.82) is 0 Å². The fourth-order valence-corrected chi connectivity index (χ4v) is 3.24. The van der Waals surface area contributed by atoms with Crippen LogP contribution in [0.5, 0.6) is 0 Å². The van der Waals surface area contributed by atoms with E-state index in [4.69, 9.17) is 28.4 Å². The normalized spacial score (nSPS) is 39.9. The molecule has 0 bridgehead atoms. The van der Waals surface area contributed by atoms with Gasteiger partial charge in [0.25, 0.3) is 0 Å². The maximum absolute atomic E-state index is 6.20. The second-order valence-electron chi connectivity index (χ2n) is 7.99. The average Bonchev–Trinajstić information content (AvgIpc) is 3.05. The second kappa shape index (κ2) is 6.34. The van der Waals surface area contributed by atoms with Crippen molar-refractivity contribution in [3.05, 3.63) is 11.1 Å². The molecule has 0 aromatic heterocycles. The van der Waals surface area contributed by atoms with E-state index in [2.05, 4.69) is 20.8 Å². The highest BCUT2D eigenvalue weighted by Gasteiger charge is 2.58. The maximum Gasteiger partial charge on any atom is 0.190 e. The Morgan fingerprint density at radius 3 is 2.25 bits per heavy atom. The molecule has 0 aromatic rings. The van der Waals surface area contributed by atoms with Crippen molar-refractivity contribution in [1.82, 2.24) is 0 Å². The zero-order valence-corrected chi connectivity index (χ0v) is 15.8. The van der Waals surface area contributed by atoms with Gasteiger partial charge in [0.15, 0.2) is 17.9 Å². The molecule has 0 aromatic carbocycles. The molecule has 0 unspecified atom stereocenters. The molecule has 6 nitrogen and oxygen atoms in total. The minimum atomic E-state index is -0.667. The molecule has 0 amide bonds. The summed E-state index contributed by atoms with van der Waals surface area (Å²) < 4.78 is 35.9. The molecule has 5 atom stereocenters. The van der Waals surface area contributed by atoms with Crippen LogP contribution in [0.3, 0.4) is 0 Å². The van der Waals surface area contributed by atoms with Gasteiger partial charge in [-0.25, -0.2) is 0 Å². The first-order chi connectivity index (χ1) is 11.1. The highest BCUT2D eigenvalue weighted by atomic mass is 16.8. The van der Waals surface area contributed by atoms with Crippen molar-refractivity contribution >= 4 is 0 Å². The van der Waals surface area contributed by atoms with E-state index >= 15 is 0 Å². The number of hydrogen-bond donors (Lipinski definition) is 0. The molecule has 3 saturated heterocycles.